The van der Waals surface area contributed by atoms with Crippen molar-refractivity contribution in [3.05, 3.63) is 29.6 Å². The molecule has 0 radical (unpaired) electrons. The summed E-state index contributed by atoms with van der Waals surface area (Å²) in [6, 6.07) is 2.71. The predicted octanol–water partition coefficient (Wildman–Crippen LogP) is 2.55. The molecule has 1 aromatic heterocycles. The maximum Gasteiger partial charge on any atom is 0.0453 e. The van der Waals surface area contributed by atoms with E-state index in [1.807, 2.05) is 19.4 Å². The molecule has 0 aromatic carbocycles. The fourth-order valence-electron chi connectivity index (χ4n) is 2.18. The Hall–Kier alpha value is -0.540. The summed E-state index contributed by atoms with van der Waals surface area (Å²) in [6.07, 6.45) is 6.59. The molecule has 0 aliphatic carbocycles. The van der Waals surface area contributed by atoms with Gasteiger partial charge in [0.15, 0.2) is 0 Å². The zero-order valence-corrected chi connectivity index (χ0v) is 10.2. The second-order valence-corrected chi connectivity index (χ2v) is 5.46. The van der Waals surface area contributed by atoms with Crippen molar-refractivity contribution in [2.24, 2.45) is 0 Å². The lowest BCUT2D eigenvalue weighted by Crippen LogP contribution is -2.25. The van der Waals surface area contributed by atoms with Gasteiger partial charge in [0.1, 0.15) is 0 Å². The molecule has 15 heavy (non-hydrogen) atoms. The Kier molecular flexibility index (Phi) is 3.65. The number of aryl methyl sites for hydroxylation is 1. The van der Waals surface area contributed by atoms with Gasteiger partial charge in [0.2, 0.25) is 0 Å². The molecule has 1 aromatic rings. The molecule has 3 heteroatoms. The fraction of sp³-hybridized carbons (Fsp3) is 0.583. The minimum atomic E-state index is 0.463. The van der Waals surface area contributed by atoms with Crippen LogP contribution in [0.25, 0.3) is 0 Å². The Morgan fingerprint density at radius 1 is 1.53 bits per heavy atom. The number of nitrogens with zero attached hydrogens (tertiary/aromatic N) is 1. The molecule has 0 spiro atoms. The molecule has 0 bridgehead atoms. The van der Waals surface area contributed by atoms with Crippen molar-refractivity contribution in [3.63, 3.8) is 0 Å². The monoisotopic (exact) mass is 222 g/mol. The zero-order chi connectivity index (χ0) is 10.7. The van der Waals surface area contributed by atoms with Gasteiger partial charge in [-0.25, -0.2) is 0 Å². The van der Waals surface area contributed by atoms with E-state index in [2.05, 4.69) is 35.1 Å². The molecular formula is C12H18N2S. The molecular weight excluding hydrogens is 204 g/mol. The Morgan fingerprint density at radius 3 is 3.00 bits per heavy atom. The van der Waals surface area contributed by atoms with Gasteiger partial charge in [-0.05, 0) is 43.7 Å². The van der Waals surface area contributed by atoms with Crippen LogP contribution in [-0.2, 0) is 0 Å². The molecule has 2 heterocycles. The van der Waals surface area contributed by atoms with Crippen molar-refractivity contribution >= 4 is 11.8 Å². The summed E-state index contributed by atoms with van der Waals surface area (Å²) < 4.78 is 0. The highest BCUT2D eigenvalue weighted by atomic mass is 32.2. The molecule has 1 aliphatic rings. The van der Waals surface area contributed by atoms with Crippen molar-refractivity contribution in [2.75, 3.05) is 12.8 Å². The second kappa shape index (κ2) is 4.99. The van der Waals surface area contributed by atoms with Gasteiger partial charge < -0.3 is 5.32 Å². The molecule has 2 unspecified atom stereocenters. The van der Waals surface area contributed by atoms with Crippen LogP contribution in [0.2, 0.25) is 0 Å². The van der Waals surface area contributed by atoms with Crippen LogP contribution < -0.4 is 5.32 Å². The van der Waals surface area contributed by atoms with E-state index in [9.17, 15) is 0 Å². The average Bonchev–Trinajstić information content (AvgIpc) is 2.72. The second-order valence-electron chi connectivity index (χ2n) is 4.11. The van der Waals surface area contributed by atoms with Gasteiger partial charge in [-0.3, -0.25) is 4.98 Å². The molecule has 2 atom stereocenters. The first kappa shape index (κ1) is 11.0. The third-order valence-corrected chi connectivity index (χ3v) is 4.36. The Balaban J connectivity index is 2.18. The minimum Gasteiger partial charge on any atom is -0.312 e. The number of hydrogen-bond acceptors (Lipinski definition) is 3. The van der Waals surface area contributed by atoms with Crippen LogP contribution in [-0.4, -0.2) is 23.0 Å². The van der Waals surface area contributed by atoms with Gasteiger partial charge in [-0.1, -0.05) is 6.07 Å². The van der Waals surface area contributed by atoms with Crippen LogP contribution in [0.4, 0.5) is 0 Å². The number of pyridine rings is 1. The molecule has 1 fully saturated rings. The van der Waals surface area contributed by atoms with E-state index in [-0.39, 0.29) is 0 Å². The third kappa shape index (κ3) is 2.52. The van der Waals surface area contributed by atoms with E-state index in [0.717, 1.165) is 5.25 Å². The van der Waals surface area contributed by atoms with E-state index in [1.54, 1.807) is 0 Å². The van der Waals surface area contributed by atoms with Crippen molar-refractivity contribution in [3.8, 4) is 0 Å². The largest absolute Gasteiger partial charge is 0.312 e. The van der Waals surface area contributed by atoms with Crippen LogP contribution in [0.1, 0.15) is 30.0 Å². The van der Waals surface area contributed by atoms with Gasteiger partial charge >= 0.3 is 0 Å². The summed E-state index contributed by atoms with van der Waals surface area (Å²) in [5, 5.41) is 4.15. The SMILES string of the molecule is CNC(c1cncc(C)c1)C1CCCS1. The number of aromatic nitrogens is 1. The summed E-state index contributed by atoms with van der Waals surface area (Å²) >= 11 is 2.09. The normalized spacial score (nSPS) is 22.9. The summed E-state index contributed by atoms with van der Waals surface area (Å²) in [5.74, 6) is 1.31. The van der Waals surface area contributed by atoms with Crippen LogP contribution in [0.5, 0.6) is 0 Å². The first-order valence-electron chi connectivity index (χ1n) is 5.51. The van der Waals surface area contributed by atoms with Crippen molar-refractivity contribution in [2.45, 2.75) is 31.1 Å². The minimum absolute atomic E-state index is 0.463. The molecule has 0 amide bonds. The first-order valence-corrected chi connectivity index (χ1v) is 6.56. The van der Waals surface area contributed by atoms with E-state index >= 15 is 0 Å². The standard InChI is InChI=1S/C12H18N2S/c1-9-6-10(8-14-7-9)12(13-2)11-4-3-5-15-11/h6-8,11-13H,3-5H2,1-2H3. The highest BCUT2D eigenvalue weighted by molar-refractivity contribution is 8.00. The van der Waals surface area contributed by atoms with Gasteiger partial charge in [0, 0.05) is 23.7 Å². The van der Waals surface area contributed by atoms with Crippen molar-refractivity contribution in [1.82, 2.24) is 10.3 Å². The van der Waals surface area contributed by atoms with Gasteiger partial charge in [-0.2, -0.15) is 11.8 Å². The van der Waals surface area contributed by atoms with E-state index < -0.39 is 0 Å². The Bertz CT molecular complexity index is 321. The predicted molar refractivity (Wildman–Crippen MR) is 66.3 cm³/mol. The van der Waals surface area contributed by atoms with Gasteiger partial charge in [0.05, 0.1) is 0 Å². The molecule has 1 aliphatic heterocycles. The summed E-state index contributed by atoms with van der Waals surface area (Å²) in [4.78, 5) is 4.28. The van der Waals surface area contributed by atoms with Crippen LogP contribution in [0.3, 0.4) is 0 Å². The molecule has 0 saturated carbocycles. The lowest BCUT2D eigenvalue weighted by molar-refractivity contribution is 0.550. The van der Waals surface area contributed by atoms with E-state index in [1.165, 1.54) is 29.7 Å². The van der Waals surface area contributed by atoms with Gasteiger partial charge in [0.25, 0.3) is 0 Å². The summed E-state index contributed by atoms with van der Waals surface area (Å²) in [7, 11) is 2.05. The summed E-state index contributed by atoms with van der Waals surface area (Å²) in [6.45, 7) is 2.10. The lowest BCUT2D eigenvalue weighted by atomic mass is 10.0. The smallest absolute Gasteiger partial charge is 0.0453 e. The fourth-order valence-corrected chi connectivity index (χ4v) is 3.64. The van der Waals surface area contributed by atoms with E-state index in [4.69, 9.17) is 0 Å². The third-order valence-electron chi connectivity index (χ3n) is 2.90. The number of thioether (sulfide) groups is 1. The van der Waals surface area contributed by atoms with Crippen molar-refractivity contribution in [1.29, 1.82) is 0 Å². The van der Waals surface area contributed by atoms with Crippen LogP contribution >= 0.6 is 11.8 Å². The quantitative estimate of drug-likeness (QED) is 0.850. The lowest BCUT2D eigenvalue weighted by Gasteiger charge is -2.22. The van der Waals surface area contributed by atoms with Crippen LogP contribution in [0.15, 0.2) is 18.5 Å². The maximum absolute atomic E-state index is 4.28. The Morgan fingerprint density at radius 2 is 2.40 bits per heavy atom. The summed E-state index contributed by atoms with van der Waals surface area (Å²) in [5.41, 5.74) is 2.58. The number of hydrogen-bond donors (Lipinski definition) is 1. The molecule has 82 valence electrons. The van der Waals surface area contributed by atoms with Crippen LogP contribution in [0, 0.1) is 6.92 Å². The number of rotatable bonds is 3. The molecule has 2 rings (SSSR count). The average molecular weight is 222 g/mol. The molecule has 2 nitrogen and oxygen atoms in total. The Labute approximate surface area is 95.9 Å². The highest BCUT2D eigenvalue weighted by Crippen LogP contribution is 2.35. The van der Waals surface area contributed by atoms with E-state index in [0.29, 0.717) is 6.04 Å². The first-order chi connectivity index (χ1) is 7.31. The van der Waals surface area contributed by atoms with Gasteiger partial charge in [-0.15, -0.1) is 0 Å². The van der Waals surface area contributed by atoms with Crippen molar-refractivity contribution < 1.29 is 0 Å². The molecule has 1 N–H and O–H groups in total. The zero-order valence-electron chi connectivity index (χ0n) is 9.36. The maximum atomic E-state index is 4.28. The highest BCUT2D eigenvalue weighted by Gasteiger charge is 2.25. The number of nitrogens with one attached hydrogen (secondary N) is 1. The topological polar surface area (TPSA) is 24.9 Å². The molecule has 1 saturated heterocycles.